The third-order valence-corrected chi connectivity index (χ3v) is 2.36. The van der Waals surface area contributed by atoms with Crippen LogP contribution in [0.1, 0.15) is 46.5 Å². The van der Waals surface area contributed by atoms with Crippen molar-refractivity contribution in [1.29, 1.82) is 0 Å². The first-order valence-corrected chi connectivity index (χ1v) is 5.35. The number of hydrogen-bond donors (Lipinski definition) is 0. The minimum atomic E-state index is 0.883. The third kappa shape index (κ3) is 8.06. The molecule has 0 radical (unpaired) electrons. The molecule has 1 heteroatoms. The van der Waals surface area contributed by atoms with Crippen LogP contribution in [-0.2, 0) is 0 Å². The Bertz CT molecular complexity index is 89.0. The molecule has 74 valence electrons. The molecular weight excluding hydrogens is 146 g/mol. The van der Waals surface area contributed by atoms with Crippen molar-refractivity contribution in [2.75, 3.05) is 20.1 Å². The van der Waals surface area contributed by atoms with E-state index in [1.165, 1.54) is 38.8 Å². The zero-order valence-corrected chi connectivity index (χ0v) is 9.27. The van der Waals surface area contributed by atoms with Crippen LogP contribution in [0.2, 0.25) is 0 Å². The van der Waals surface area contributed by atoms with Crippen molar-refractivity contribution in [3.63, 3.8) is 0 Å². The Hall–Kier alpha value is -0.0400. The fourth-order valence-electron chi connectivity index (χ4n) is 1.27. The van der Waals surface area contributed by atoms with Gasteiger partial charge < -0.3 is 4.90 Å². The molecule has 0 heterocycles. The highest BCUT2D eigenvalue weighted by Crippen LogP contribution is 2.07. The van der Waals surface area contributed by atoms with Crippen molar-refractivity contribution in [3.8, 4) is 0 Å². The van der Waals surface area contributed by atoms with Gasteiger partial charge in [0.25, 0.3) is 0 Å². The summed E-state index contributed by atoms with van der Waals surface area (Å²) in [6.45, 7) is 9.28. The molecule has 0 aromatic carbocycles. The molecule has 0 amide bonds. The minimum absolute atomic E-state index is 0.883. The highest BCUT2D eigenvalue weighted by atomic mass is 15.1. The largest absolute Gasteiger partial charge is 0.307 e. The average molecular weight is 171 g/mol. The summed E-state index contributed by atoms with van der Waals surface area (Å²) in [5.41, 5.74) is 0. The average Bonchev–Trinajstić information content (AvgIpc) is 2.03. The maximum absolute atomic E-state index is 2.38. The van der Waals surface area contributed by atoms with Gasteiger partial charge in [0.2, 0.25) is 0 Å². The summed E-state index contributed by atoms with van der Waals surface area (Å²) in [5, 5.41) is 0. The lowest BCUT2D eigenvalue weighted by molar-refractivity contribution is 0.339. The van der Waals surface area contributed by atoms with E-state index in [0.29, 0.717) is 0 Å². The van der Waals surface area contributed by atoms with E-state index in [1.807, 2.05) is 0 Å². The van der Waals surface area contributed by atoms with Crippen LogP contribution in [0.5, 0.6) is 0 Å². The van der Waals surface area contributed by atoms with Crippen molar-refractivity contribution in [2.24, 2.45) is 5.92 Å². The molecule has 0 bridgehead atoms. The number of rotatable bonds is 7. The van der Waals surface area contributed by atoms with Gasteiger partial charge in [0.05, 0.1) is 0 Å². The monoisotopic (exact) mass is 171 g/mol. The molecule has 0 unspecified atom stereocenters. The van der Waals surface area contributed by atoms with E-state index in [-0.39, 0.29) is 0 Å². The van der Waals surface area contributed by atoms with E-state index < -0.39 is 0 Å². The van der Waals surface area contributed by atoms with E-state index in [9.17, 15) is 0 Å². The normalized spacial score (nSPS) is 11.5. The second-order valence-corrected chi connectivity index (χ2v) is 4.14. The molecular formula is C11H25N. The molecule has 0 rings (SSSR count). The first-order chi connectivity index (χ1) is 5.66. The molecule has 0 aliphatic carbocycles. The SMILES string of the molecule is CCN(C)CCCCCC(C)C. The smallest absolute Gasteiger partial charge is 0.00219 e. The Kier molecular flexibility index (Phi) is 7.58. The molecule has 12 heavy (non-hydrogen) atoms. The van der Waals surface area contributed by atoms with Gasteiger partial charge in [-0.15, -0.1) is 0 Å². The third-order valence-electron chi connectivity index (χ3n) is 2.36. The lowest BCUT2D eigenvalue weighted by atomic mass is 10.1. The van der Waals surface area contributed by atoms with Gasteiger partial charge >= 0.3 is 0 Å². The predicted molar refractivity (Wildman–Crippen MR) is 56.5 cm³/mol. The molecule has 0 saturated heterocycles. The van der Waals surface area contributed by atoms with Crippen molar-refractivity contribution in [3.05, 3.63) is 0 Å². The van der Waals surface area contributed by atoms with E-state index in [2.05, 4.69) is 32.7 Å². The van der Waals surface area contributed by atoms with E-state index in [1.54, 1.807) is 0 Å². The van der Waals surface area contributed by atoms with Crippen LogP contribution in [0.4, 0.5) is 0 Å². The molecule has 0 aliphatic heterocycles. The summed E-state index contributed by atoms with van der Waals surface area (Å²) < 4.78 is 0. The molecule has 0 N–H and O–H groups in total. The first-order valence-electron chi connectivity index (χ1n) is 5.35. The van der Waals surface area contributed by atoms with Crippen LogP contribution in [0, 0.1) is 5.92 Å². The quantitative estimate of drug-likeness (QED) is 0.532. The molecule has 0 fully saturated rings. The summed E-state index contributed by atoms with van der Waals surface area (Å²) in [5.74, 6) is 0.883. The Morgan fingerprint density at radius 1 is 1.08 bits per heavy atom. The predicted octanol–water partition coefficient (Wildman–Crippen LogP) is 3.15. The molecule has 1 nitrogen and oxygen atoms in total. The molecule has 0 atom stereocenters. The van der Waals surface area contributed by atoms with Crippen molar-refractivity contribution in [2.45, 2.75) is 46.5 Å². The van der Waals surface area contributed by atoms with Crippen molar-refractivity contribution < 1.29 is 0 Å². The zero-order valence-electron chi connectivity index (χ0n) is 9.27. The summed E-state index contributed by atoms with van der Waals surface area (Å²) in [6, 6.07) is 0. The maximum atomic E-state index is 2.38. The van der Waals surface area contributed by atoms with Crippen LogP contribution in [0.3, 0.4) is 0 Å². The van der Waals surface area contributed by atoms with Gasteiger partial charge in [0.1, 0.15) is 0 Å². The van der Waals surface area contributed by atoms with Crippen LogP contribution in [0.25, 0.3) is 0 Å². The highest BCUT2D eigenvalue weighted by molar-refractivity contribution is 4.51. The second-order valence-electron chi connectivity index (χ2n) is 4.14. The van der Waals surface area contributed by atoms with E-state index in [4.69, 9.17) is 0 Å². The van der Waals surface area contributed by atoms with Gasteiger partial charge in [0.15, 0.2) is 0 Å². The summed E-state index contributed by atoms with van der Waals surface area (Å²) >= 11 is 0. The zero-order chi connectivity index (χ0) is 9.40. The van der Waals surface area contributed by atoms with Gasteiger partial charge in [-0.3, -0.25) is 0 Å². The van der Waals surface area contributed by atoms with Gasteiger partial charge in [-0.25, -0.2) is 0 Å². The fourth-order valence-corrected chi connectivity index (χ4v) is 1.27. The Balaban J connectivity index is 3.00. The van der Waals surface area contributed by atoms with Gasteiger partial charge in [-0.1, -0.05) is 40.0 Å². The summed E-state index contributed by atoms with van der Waals surface area (Å²) in [6.07, 6.45) is 5.59. The second kappa shape index (κ2) is 7.60. The number of hydrogen-bond acceptors (Lipinski definition) is 1. The molecule has 0 aromatic heterocycles. The van der Waals surface area contributed by atoms with Gasteiger partial charge in [0, 0.05) is 0 Å². The lowest BCUT2D eigenvalue weighted by Gasteiger charge is -2.13. The molecule has 0 saturated carbocycles. The standard InChI is InChI=1S/C11H25N/c1-5-12(4)10-8-6-7-9-11(2)3/h11H,5-10H2,1-4H3. The van der Waals surface area contributed by atoms with Crippen LogP contribution in [-0.4, -0.2) is 25.0 Å². The van der Waals surface area contributed by atoms with Crippen LogP contribution < -0.4 is 0 Å². The molecule has 0 aliphatic rings. The Morgan fingerprint density at radius 2 is 1.75 bits per heavy atom. The van der Waals surface area contributed by atoms with Crippen molar-refractivity contribution >= 4 is 0 Å². The molecule has 0 spiro atoms. The minimum Gasteiger partial charge on any atom is -0.307 e. The number of unbranched alkanes of at least 4 members (excludes halogenated alkanes) is 2. The fraction of sp³-hybridized carbons (Fsp3) is 1.00. The van der Waals surface area contributed by atoms with Gasteiger partial charge in [-0.2, -0.15) is 0 Å². The summed E-state index contributed by atoms with van der Waals surface area (Å²) in [7, 11) is 2.20. The van der Waals surface area contributed by atoms with Gasteiger partial charge in [-0.05, 0) is 32.5 Å². The van der Waals surface area contributed by atoms with E-state index in [0.717, 1.165) is 5.92 Å². The Morgan fingerprint density at radius 3 is 2.25 bits per heavy atom. The topological polar surface area (TPSA) is 3.24 Å². The maximum Gasteiger partial charge on any atom is -0.00219 e. The number of nitrogens with zero attached hydrogens (tertiary/aromatic N) is 1. The highest BCUT2D eigenvalue weighted by Gasteiger charge is 1.96. The van der Waals surface area contributed by atoms with E-state index >= 15 is 0 Å². The molecule has 0 aromatic rings. The lowest BCUT2D eigenvalue weighted by Crippen LogP contribution is -2.18. The Labute approximate surface area is 78.1 Å². The van der Waals surface area contributed by atoms with Crippen molar-refractivity contribution in [1.82, 2.24) is 4.90 Å². The summed E-state index contributed by atoms with van der Waals surface area (Å²) in [4.78, 5) is 2.38. The first kappa shape index (κ1) is 12.0. The van der Waals surface area contributed by atoms with Crippen LogP contribution in [0.15, 0.2) is 0 Å². The van der Waals surface area contributed by atoms with Crippen LogP contribution >= 0.6 is 0 Å².